The van der Waals surface area contributed by atoms with Gasteiger partial charge in [0.05, 0.1) is 0 Å². The molecule has 0 radical (unpaired) electrons. The number of nitrogens with one attached hydrogen (secondary N) is 1. The molecule has 2 N–H and O–H groups in total. The molecule has 0 bridgehead atoms. The number of nitrogens with zero attached hydrogens (tertiary/aromatic N) is 1. The van der Waals surface area contributed by atoms with Crippen LogP contribution in [0.1, 0.15) is 52.4 Å². The molecule has 0 saturated carbocycles. The molecule has 0 aromatic carbocycles. The number of carboxylic acid groups (broad SMARTS) is 1. The van der Waals surface area contributed by atoms with Crippen molar-refractivity contribution < 1.29 is 14.7 Å². The smallest absolute Gasteiger partial charge is 0.326 e. The van der Waals surface area contributed by atoms with Crippen molar-refractivity contribution in [1.82, 2.24) is 10.2 Å². The van der Waals surface area contributed by atoms with Crippen LogP contribution in [0.3, 0.4) is 0 Å². The third-order valence-corrected chi connectivity index (χ3v) is 3.51. The molecule has 5 heteroatoms. The zero-order valence-electron chi connectivity index (χ0n) is 11.3. The number of urea groups is 1. The van der Waals surface area contributed by atoms with E-state index in [0.29, 0.717) is 6.42 Å². The zero-order valence-corrected chi connectivity index (χ0v) is 11.3. The molecule has 1 fully saturated rings. The maximum atomic E-state index is 12.1. The Bertz CT molecular complexity index is 292. The van der Waals surface area contributed by atoms with Crippen LogP contribution in [0.2, 0.25) is 0 Å². The Morgan fingerprint density at radius 2 is 2.11 bits per heavy atom. The highest BCUT2D eigenvalue weighted by Crippen LogP contribution is 2.20. The van der Waals surface area contributed by atoms with Crippen molar-refractivity contribution in [3.05, 3.63) is 0 Å². The number of carbonyl (C=O) groups excluding carboxylic acids is 1. The van der Waals surface area contributed by atoms with Gasteiger partial charge in [-0.2, -0.15) is 0 Å². The molecule has 104 valence electrons. The molecule has 0 aromatic rings. The van der Waals surface area contributed by atoms with E-state index in [2.05, 4.69) is 12.2 Å². The zero-order chi connectivity index (χ0) is 13.5. The number of carbonyl (C=O) groups is 2. The Morgan fingerprint density at radius 1 is 1.39 bits per heavy atom. The summed E-state index contributed by atoms with van der Waals surface area (Å²) in [5.41, 5.74) is 0. The maximum absolute atomic E-state index is 12.1. The van der Waals surface area contributed by atoms with Gasteiger partial charge in [0.25, 0.3) is 0 Å². The third kappa shape index (κ3) is 3.89. The van der Waals surface area contributed by atoms with Gasteiger partial charge in [0.15, 0.2) is 0 Å². The number of hydrogen-bond donors (Lipinski definition) is 2. The van der Waals surface area contributed by atoms with Crippen LogP contribution in [-0.4, -0.2) is 40.6 Å². The summed E-state index contributed by atoms with van der Waals surface area (Å²) in [5.74, 6) is -0.963. The van der Waals surface area contributed by atoms with E-state index in [1.807, 2.05) is 4.90 Å². The topological polar surface area (TPSA) is 69.6 Å². The second-order valence-corrected chi connectivity index (χ2v) is 4.88. The van der Waals surface area contributed by atoms with Crippen LogP contribution < -0.4 is 5.32 Å². The monoisotopic (exact) mass is 256 g/mol. The van der Waals surface area contributed by atoms with Gasteiger partial charge in [-0.3, -0.25) is 0 Å². The van der Waals surface area contributed by atoms with Crippen LogP contribution in [-0.2, 0) is 4.79 Å². The van der Waals surface area contributed by atoms with Crippen LogP contribution in [0.15, 0.2) is 0 Å². The summed E-state index contributed by atoms with van der Waals surface area (Å²) >= 11 is 0. The highest BCUT2D eigenvalue weighted by atomic mass is 16.4. The lowest BCUT2D eigenvalue weighted by Gasteiger charge is -2.36. The predicted molar refractivity (Wildman–Crippen MR) is 69.5 cm³/mol. The average Bonchev–Trinajstić information content (AvgIpc) is 2.36. The van der Waals surface area contributed by atoms with Gasteiger partial charge in [-0.1, -0.05) is 20.3 Å². The Balaban J connectivity index is 2.59. The van der Waals surface area contributed by atoms with Crippen molar-refractivity contribution in [2.45, 2.75) is 64.5 Å². The first-order chi connectivity index (χ1) is 8.60. The lowest BCUT2D eigenvalue weighted by Crippen LogP contribution is -2.52. The minimum absolute atomic E-state index is 0.220. The van der Waals surface area contributed by atoms with Crippen molar-refractivity contribution >= 4 is 12.0 Å². The van der Waals surface area contributed by atoms with Gasteiger partial charge in [0.1, 0.15) is 6.04 Å². The van der Waals surface area contributed by atoms with E-state index in [9.17, 15) is 9.59 Å². The summed E-state index contributed by atoms with van der Waals surface area (Å²) in [7, 11) is 0. The van der Waals surface area contributed by atoms with E-state index in [-0.39, 0.29) is 12.1 Å². The van der Waals surface area contributed by atoms with Crippen LogP contribution in [0.4, 0.5) is 4.79 Å². The molecule has 1 saturated heterocycles. The van der Waals surface area contributed by atoms with Crippen molar-refractivity contribution in [2.24, 2.45) is 0 Å². The maximum Gasteiger partial charge on any atom is 0.326 e. The minimum Gasteiger partial charge on any atom is -0.480 e. The number of carboxylic acids is 1. The normalized spacial score (nSPS) is 21.4. The summed E-state index contributed by atoms with van der Waals surface area (Å²) in [6.07, 6.45) is 5.66. The fourth-order valence-corrected chi connectivity index (χ4v) is 2.47. The van der Waals surface area contributed by atoms with E-state index < -0.39 is 12.0 Å². The fraction of sp³-hybridized carbons (Fsp3) is 0.846. The number of hydrogen-bond acceptors (Lipinski definition) is 2. The summed E-state index contributed by atoms with van der Waals surface area (Å²) in [6.45, 7) is 4.61. The molecule has 2 atom stereocenters. The second-order valence-electron chi connectivity index (χ2n) is 4.88. The van der Waals surface area contributed by atoms with E-state index >= 15 is 0 Å². The summed E-state index contributed by atoms with van der Waals surface area (Å²) in [6, 6.07) is -0.723. The molecule has 0 aliphatic carbocycles. The predicted octanol–water partition coefficient (Wildman–Crippen LogP) is 2.21. The summed E-state index contributed by atoms with van der Waals surface area (Å²) in [5, 5.41) is 11.6. The number of rotatable bonds is 5. The lowest BCUT2D eigenvalue weighted by atomic mass is 9.98. The first-order valence-corrected chi connectivity index (χ1v) is 6.90. The first kappa shape index (κ1) is 14.8. The van der Waals surface area contributed by atoms with E-state index in [4.69, 9.17) is 5.11 Å². The van der Waals surface area contributed by atoms with Crippen molar-refractivity contribution in [1.29, 1.82) is 0 Å². The molecular weight excluding hydrogens is 232 g/mol. The van der Waals surface area contributed by atoms with E-state index in [1.165, 1.54) is 0 Å². The van der Waals surface area contributed by atoms with Gasteiger partial charge in [-0.15, -0.1) is 0 Å². The van der Waals surface area contributed by atoms with Crippen molar-refractivity contribution in [3.8, 4) is 0 Å². The Hall–Kier alpha value is -1.26. The Labute approximate surface area is 109 Å². The molecule has 2 amide bonds. The van der Waals surface area contributed by atoms with Crippen LogP contribution in [0, 0.1) is 0 Å². The molecule has 1 rings (SSSR count). The quantitative estimate of drug-likeness (QED) is 0.792. The van der Waals surface area contributed by atoms with Gasteiger partial charge in [0.2, 0.25) is 0 Å². The molecule has 1 unspecified atom stereocenters. The molecule has 5 nitrogen and oxygen atoms in total. The van der Waals surface area contributed by atoms with Gasteiger partial charge < -0.3 is 15.3 Å². The highest BCUT2D eigenvalue weighted by molar-refractivity contribution is 5.82. The standard InChI is InChI=1S/C13H24N2O3/c1-3-7-10-8-5-6-9-15(10)13(18)14-11(4-2)12(16)17/h10-11H,3-9H2,1-2H3,(H,14,18)(H,16,17)/t10?,11-/m1/s1. The van der Waals surface area contributed by atoms with Crippen molar-refractivity contribution in [3.63, 3.8) is 0 Å². The lowest BCUT2D eigenvalue weighted by molar-refractivity contribution is -0.139. The largest absolute Gasteiger partial charge is 0.480 e. The first-order valence-electron chi connectivity index (χ1n) is 6.90. The molecule has 0 spiro atoms. The van der Waals surface area contributed by atoms with Gasteiger partial charge in [0, 0.05) is 12.6 Å². The molecular formula is C13H24N2O3. The second kappa shape index (κ2) is 7.24. The fourth-order valence-electron chi connectivity index (χ4n) is 2.47. The molecule has 1 aliphatic heterocycles. The third-order valence-electron chi connectivity index (χ3n) is 3.51. The van der Waals surface area contributed by atoms with Gasteiger partial charge in [-0.05, 0) is 32.1 Å². The Morgan fingerprint density at radius 3 is 2.67 bits per heavy atom. The van der Waals surface area contributed by atoms with Gasteiger partial charge in [-0.25, -0.2) is 9.59 Å². The van der Waals surface area contributed by atoms with Gasteiger partial charge >= 0.3 is 12.0 Å². The molecule has 1 heterocycles. The summed E-state index contributed by atoms with van der Waals surface area (Å²) < 4.78 is 0. The van der Waals surface area contributed by atoms with E-state index in [0.717, 1.165) is 38.6 Å². The van der Waals surface area contributed by atoms with Crippen LogP contribution in [0.25, 0.3) is 0 Å². The number of amides is 2. The molecule has 1 aliphatic rings. The van der Waals surface area contributed by atoms with Crippen LogP contribution in [0.5, 0.6) is 0 Å². The SMILES string of the molecule is CCCC1CCCCN1C(=O)N[C@H](CC)C(=O)O. The molecule has 0 aromatic heterocycles. The average molecular weight is 256 g/mol. The minimum atomic E-state index is -0.963. The molecule has 18 heavy (non-hydrogen) atoms. The Kier molecular flexibility index (Phi) is 5.95. The number of aliphatic carboxylic acids is 1. The summed E-state index contributed by atoms with van der Waals surface area (Å²) in [4.78, 5) is 24.8. The van der Waals surface area contributed by atoms with Crippen LogP contribution >= 0.6 is 0 Å². The van der Waals surface area contributed by atoms with E-state index in [1.54, 1.807) is 6.92 Å². The number of likely N-dealkylation sites (tertiary alicyclic amines) is 1. The van der Waals surface area contributed by atoms with Crippen molar-refractivity contribution in [2.75, 3.05) is 6.54 Å². The number of piperidine rings is 1. The highest BCUT2D eigenvalue weighted by Gasteiger charge is 2.28.